The first-order chi connectivity index (χ1) is 13.6. The van der Waals surface area contributed by atoms with E-state index in [9.17, 15) is 4.79 Å². The third-order valence-electron chi connectivity index (χ3n) is 4.26. The van der Waals surface area contributed by atoms with E-state index in [-0.39, 0.29) is 5.91 Å². The molecule has 0 saturated heterocycles. The van der Waals surface area contributed by atoms with Gasteiger partial charge in [0.1, 0.15) is 5.76 Å². The van der Waals surface area contributed by atoms with Gasteiger partial charge in [0, 0.05) is 34.5 Å². The quantitative estimate of drug-likeness (QED) is 0.571. The van der Waals surface area contributed by atoms with Crippen molar-refractivity contribution in [2.75, 3.05) is 6.61 Å². The van der Waals surface area contributed by atoms with Gasteiger partial charge in [-0.25, -0.2) is 4.98 Å². The molecule has 2 heterocycles. The lowest BCUT2D eigenvalue weighted by Gasteiger charge is -2.12. The Morgan fingerprint density at radius 2 is 2.04 bits per heavy atom. The topological polar surface area (TPSA) is 77.2 Å². The number of amides is 1. The lowest BCUT2D eigenvalue weighted by atomic mass is 10.2. The van der Waals surface area contributed by atoms with Gasteiger partial charge < -0.3 is 14.6 Å². The zero-order valence-corrected chi connectivity index (χ0v) is 17.0. The fourth-order valence-electron chi connectivity index (χ4n) is 2.73. The monoisotopic (exact) mass is 397 g/mol. The number of thioether (sulfide) groups is 1. The number of carbonyl (C=O) groups excluding carboxylic acids is 1. The van der Waals surface area contributed by atoms with Crippen LogP contribution in [0.3, 0.4) is 0 Å². The summed E-state index contributed by atoms with van der Waals surface area (Å²) in [6.07, 6.45) is 1.68. The van der Waals surface area contributed by atoms with E-state index in [0.717, 1.165) is 27.5 Å². The second kappa shape index (κ2) is 9.41. The number of carbonyl (C=O) groups is 1. The van der Waals surface area contributed by atoms with Crippen molar-refractivity contribution in [1.82, 2.24) is 15.5 Å². The Kier molecular flexibility index (Phi) is 6.71. The summed E-state index contributed by atoms with van der Waals surface area (Å²) in [5.74, 6) is 1.93. The van der Waals surface area contributed by atoms with E-state index < -0.39 is 0 Å². The number of aryl methyl sites for hydroxylation is 2. The normalized spacial score (nSPS) is 10.7. The number of aromatic nitrogens is 2. The minimum absolute atomic E-state index is 0.131. The van der Waals surface area contributed by atoms with Crippen molar-refractivity contribution in [3.63, 3.8) is 0 Å². The lowest BCUT2D eigenvalue weighted by molar-refractivity contribution is 0.0947. The molecule has 0 radical (unpaired) electrons. The SMILES string of the molecule is CCOc1ncccc1CNC(=O)c1ccccc1SCc1c(C)noc1C. The summed E-state index contributed by atoms with van der Waals surface area (Å²) in [7, 11) is 0. The average molecular weight is 398 g/mol. The van der Waals surface area contributed by atoms with Gasteiger partial charge in [-0.2, -0.15) is 0 Å². The molecule has 0 aliphatic heterocycles. The van der Waals surface area contributed by atoms with Crippen LogP contribution in [0.25, 0.3) is 0 Å². The zero-order valence-electron chi connectivity index (χ0n) is 16.2. The van der Waals surface area contributed by atoms with Gasteiger partial charge in [-0.1, -0.05) is 23.4 Å². The first-order valence-electron chi connectivity index (χ1n) is 9.08. The third-order valence-corrected chi connectivity index (χ3v) is 5.36. The Morgan fingerprint density at radius 1 is 1.21 bits per heavy atom. The van der Waals surface area contributed by atoms with Crippen LogP contribution < -0.4 is 10.1 Å². The fraction of sp³-hybridized carbons (Fsp3) is 0.286. The van der Waals surface area contributed by atoms with Gasteiger partial charge in [0.2, 0.25) is 5.88 Å². The average Bonchev–Trinajstić information content (AvgIpc) is 3.03. The summed E-state index contributed by atoms with van der Waals surface area (Å²) >= 11 is 1.60. The van der Waals surface area contributed by atoms with Gasteiger partial charge >= 0.3 is 0 Å². The van der Waals surface area contributed by atoms with Crippen LogP contribution in [0.1, 0.15) is 39.9 Å². The Morgan fingerprint density at radius 3 is 2.79 bits per heavy atom. The Labute approximate surface area is 168 Å². The molecule has 0 saturated carbocycles. The maximum Gasteiger partial charge on any atom is 0.252 e. The Balaban J connectivity index is 1.69. The number of nitrogens with zero attached hydrogens (tertiary/aromatic N) is 2. The number of nitrogens with one attached hydrogen (secondary N) is 1. The van der Waals surface area contributed by atoms with Gasteiger partial charge in [-0.3, -0.25) is 4.79 Å². The third kappa shape index (κ3) is 4.72. The molecule has 0 spiro atoms. The van der Waals surface area contributed by atoms with E-state index in [1.807, 2.05) is 57.2 Å². The predicted octanol–water partition coefficient (Wildman–Crippen LogP) is 4.31. The van der Waals surface area contributed by atoms with Gasteiger partial charge in [-0.15, -0.1) is 11.8 Å². The molecule has 1 N–H and O–H groups in total. The number of benzene rings is 1. The van der Waals surface area contributed by atoms with Crippen molar-refractivity contribution in [2.24, 2.45) is 0 Å². The minimum Gasteiger partial charge on any atom is -0.478 e. The summed E-state index contributed by atoms with van der Waals surface area (Å²) < 4.78 is 10.7. The summed E-state index contributed by atoms with van der Waals surface area (Å²) in [6, 6.07) is 11.3. The first-order valence-corrected chi connectivity index (χ1v) is 10.1. The largest absolute Gasteiger partial charge is 0.478 e. The molecule has 1 aromatic carbocycles. The maximum atomic E-state index is 12.8. The van der Waals surface area contributed by atoms with Gasteiger partial charge in [-0.05, 0) is 39.0 Å². The minimum atomic E-state index is -0.131. The first kappa shape index (κ1) is 19.9. The number of ether oxygens (including phenoxy) is 1. The van der Waals surface area contributed by atoms with Crippen molar-refractivity contribution in [2.45, 2.75) is 38.0 Å². The summed E-state index contributed by atoms with van der Waals surface area (Å²) in [6.45, 7) is 6.61. The van der Waals surface area contributed by atoms with Gasteiger partial charge in [0.15, 0.2) is 0 Å². The van der Waals surface area contributed by atoms with E-state index in [1.165, 1.54) is 0 Å². The van der Waals surface area contributed by atoms with Crippen LogP contribution in [0.4, 0.5) is 0 Å². The van der Waals surface area contributed by atoms with E-state index in [2.05, 4.69) is 15.5 Å². The molecule has 28 heavy (non-hydrogen) atoms. The van der Waals surface area contributed by atoms with Crippen molar-refractivity contribution >= 4 is 17.7 Å². The number of rotatable bonds is 8. The van der Waals surface area contributed by atoms with Crippen LogP contribution in [-0.4, -0.2) is 22.7 Å². The van der Waals surface area contributed by atoms with E-state index in [4.69, 9.17) is 9.26 Å². The molecule has 146 valence electrons. The standard InChI is InChI=1S/C21H23N3O3S/c1-4-26-21-16(8-7-11-22-21)12-23-20(25)17-9-5-6-10-19(17)28-13-18-14(2)24-27-15(18)3/h5-11H,4,12-13H2,1-3H3,(H,23,25). The highest BCUT2D eigenvalue weighted by atomic mass is 32.2. The Bertz CT molecular complexity index is 936. The van der Waals surface area contributed by atoms with Crippen LogP contribution in [0.2, 0.25) is 0 Å². The molecule has 3 rings (SSSR count). The molecule has 0 atom stereocenters. The molecule has 1 amide bonds. The van der Waals surface area contributed by atoms with Crippen molar-refractivity contribution in [1.29, 1.82) is 0 Å². The van der Waals surface area contributed by atoms with Gasteiger partial charge in [0.05, 0.1) is 17.9 Å². The highest BCUT2D eigenvalue weighted by molar-refractivity contribution is 7.98. The molecular weight excluding hydrogens is 374 g/mol. The molecule has 0 unspecified atom stereocenters. The van der Waals surface area contributed by atoms with Gasteiger partial charge in [0.25, 0.3) is 5.91 Å². The van der Waals surface area contributed by atoms with Crippen LogP contribution in [-0.2, 0) is 12.3 Å². The molecule has 0 aliphatic rings. The second-order valence-corrected chi connectivity index (χ2v) is 7.19. The van der Waals surface area contributed by atoms with E-state index >= 15 is 0 Å². The van der Waals surface area contributed by atoms with Crippen molar-refractivity contribution in [3.05, 3.63) is 70.7 Å². The fourth-order valence-corrected chi connectivity index (χ4v) is 3.94. The molecule has 2 aromatic heterocycles. The van der Waals surface area contributed by atoms with Crippen LogP contribution in [0.15, 0.2) is 52.0 Å². The highest BCUT2D eigenvalue weighted by Gasteiger charge is 2.15. The molecule has 0 aliphatic carbocycles. The number of hydrogen-bond donors (Lipinski definition) is 1. The smallest absolute Gasteiger partial charge is 0.252 e. The number of hydrogen-bond acceptors (Lipinski definition) is 6. The molecule has 7 heteroatoms. The molecule has 0 fully saturated rings. The van der Waals surface area contributed by atoms with Crippen molar-refractivity contribution in [3.8, 4) is 5.88 Å². The van der Waals surface area contributed by atoms with Crippen LogP contribution in [0, 0.1) is 13.8 Å². The molecule has 0 bridgehead atoms. The predicted molar refractivity (Wildman–Crippen MR) is 109 cm³/mol. The summed E-state index contributed by atoms with van der Waals surface area (Å²) in [4.78, 5) is 17.9. The van der Waals surface area contributed by atoms with Crippen LogP contribution >= 0.6 is 11.8 Å². The molecule has 3 aromatic rings. The van der Waals surface area contributed by atoms with Crippen molar-refractivity contribution < 1.29 is 14.1 Å². The zero-order chi connectivity index (χ0) is 19.9. The number of pyridine rings is 1. The summed E-state index contributed by atoms with van der Waals surface area (Å²) in [5.41, 5.74) is 3.43. The molecular formula is C21H23N3O3S. The van der Waals surface area contributed by atoms with E-state index in [0.29, 0.717) is 30.3 Å². The molecule has 6 nitrogen and oxygen atoms in total. The van der Waals surface area contributed by atoms with Crippen LogP contribution in [0.5, 0.6) is 5.88 Å². The Hall–Kier alpha value is -2.80. The summed E-state index contributed by atoms with van der Waals surface area (Å²) in [5, 5.41) is 6.95. The second-order valence-electron chi connectivity index (χ2n) is 6.17. The maximum absolute atomic E-state index is 12.8. The highest BCUT2D eigenvalue weighted by Crippen LogP contribution is 2.29. The lowest BCUT2D eigenvalue weighted by Crippen LogP contribution is -2.23. The van der Waals surface area contributed by atoms with E-state index in [1.54, 1.807) is 18.0 Å².